The number of benzene rings is 8. The maximum Gasteiger partial charge on any atom is 0.145 e. The monoisotopic (exact) mass is 665 g/mol. The highest BCUT2D eigenvalue weighted by molar-refractivity contribution is 6.17. The molecule has 0 bridgehead atoms. The van der Waals surface area contributed by atoms with Crippen molar-refractivity contribution in [3.05, 3.63) is 210 Å². The van der Waals surface area contributed by atoms with Crippen LogP contribution >= 0.6 is 0 Å². The van der Waals surface area contributed by atoms with Gasteiger partial charge in [-0.3, -0.25) is 0 Å². The molecule has 1 aliphatic carbocycles. The number of hydrogen-bond acceptors (Lipinski definition) is 3. The number of hydrogen-bond donors (Lipinski definition) is 0. The fourth-order valence-electron chi connectivity index (χ4n) is 8.83. The average molecular weight is 666 g/mol. The Hall–Kier alpha value is -6.84. The van der Waals surface area contributed by atoms with E-state index in [-0.39, 0.29) is 0 Å². The molecule has 1 aromatic heterocycles. The van der Waals surface area contributed by atoms with Gasteiger partial charge in [0.25, 0.3) is 0 Å². The standard InChI is InChI=1S/C49H31NO2/c1-3-15-32(16-4-1)35-28-29-43(47-38-21-9-13-25-44(38)52-48(35)47)50(33-17-5-2-6-18-33)34-27-30-46-42(31-34)49(41-24-12-14-26-45(41)51-46)39-22-10-7-19-36(39)37-20-8-11-23-40(37)49/h1-31H. The van der Waals surface area contributed by atoms with Crippen LogP contribution in [0.3, 0.4) is 0 Å². The van der Waals surface area contributed by atoms with Crippen molar-refractivity contribution in [1.82, 2.24) is 0 Å². The van der Waals surface area contributed by atoms with Crippen LogP contribution in [0.15, 0.2) is 192 Å². The molecule has 3 nitrogen and oxygen atoms in total. The van der Waals surface area contributed by atoms with Crippen molar-refractivity contribution in [3.63, 3.8) is 0 Å². The van der Waals surface area contributed by atoms with E-state index in [4.69, 9.17) is 9.15 Å². The number of rotatable bonds is 4. The van der Waals surface area contributed by atoms with Crippen molar-refractivity contribution in [2.45, 2.75) is 5.41 Å². The lowest BCUT2D eigenvalue weighted by Gasteiger charge is -2.40. The third-order valence-corrected chi connectivity index (χ3v) is 10.9. The van der Waals surface area contributed by atoms with Crippen LogP contribution in [-0.2, 0) is 5.41 Å². The molecule has 244 valence electrons. The average Bonchev–Trinajstić information content (AvgIpc) is 3.74. The quantitative estimate of drug-likeness (QED) is 0.187. The molecule has 3 heteroatoms. The van der Waals surface area contributed by atoms with Gasteiger partial charge in [0.05, 0.1) is 16.5 Å². The smallest absolute Gasteiger partial charge is 0.145 e. The van der Waals surface area contributed by atoms with Gasteiger partial charge in [-0.25, -0.2) is 0 Å². The van der Waals surface area contributed by atoms with Crippen LogP contribution < -0.4 is 9.64 Å². The van der Waals surface area contributed by atoms with Crippen molar-refractivity contribution in [2.24, 2.45) is 0 Å². The van der Waals surface area contributed by atoms with E-state index in [9.17, 15) is 0 Å². The summed E-state index contributed by atoms with van der Waals surface area (Å²) in [4.78, 5) is 2.38. The van der Waals surface area contributed by atoms with Gasteiger partial charge in [-0.2, -0.15) is 0 Å². The van der Waals surface area contributed by atoms with E-state index in [0.717, 1.165) is 72.8 Å². The van der Waals surface area contributed by atoms with Gasteiger partial charge >= 0.3 is 0 Å². The van der Waals surface area contributed by atoms with Crippen LogP contribution in [0.1, 0.15) is 22.3 Å². The molecule has 0 N–H and O–H groups in total. The van der Waals surface area contributed by atoms with Crippen LogP contribution in [0.2, 0.25) is 0 Å². The first-order valence-corrected chi connectivity index (χ1v) is 17.8. The van der Waals surface area contributed by atoms with Gasteiger partial charge in [0.2, 0.25) is 0 Å². The molecular formula is C49H31NO2. The summed E-state index contributed by atoms with van der Waals surface area (Å²) in [5, 5.41) is 2.16. The summed E-state index contributed by atoms with van der Waals surface area (Å²) < 4.78 is 13.5. The van der Waals surface area contributed by atoms with E-state index in [0.29, 0.717) is 0 Å². The molecule has 11 rings (SSSR count). The Morgan fingerprint density at radius 2 is 1.04 bits per heavy atom. The molecule has 52 heavy (non-hydrogen) atoms. The van der Waals surface area contributed by atoms with E-state index < -0.39 is 5.41 Å². The molecule has 8 aromatic carbocycles. The van der Waals surface area contributed by atoms with Gasteiger partial charge < -0.3 is 14.1 Å². The summed E-state index contributed by atoms with van der Waals surface area (Å²) in [5.41, 5.74) is 13.8. The third-order valence-electron chi connectivity index (χ3n) is 10.9. The second-order valence-corrected chi connectivity index (χ2v) is 13.6. The molecule has 9 aromatic rings. The highest BCUT2D eigenvalue weighted by Gasteiger charge is 2.51. The largest absolute Gasteiger partial charge is 0.457 e. The van der Waals surface area contributed by atoms with E-state index >= 15 is 0 Å². The molecule has 0 saturated heterocycles. The van der Waals surface area contributed by atoms with Crippen molar-refractivity contribution in [1.29, 1.82) is 0 Å². The summed E-state index contributed by atoms with van der Waals surface area (Å²) in [7, 11) is 0. The molecule has 2 heterocycles. The Morgan fingerprint density at radius 3 is 1.81 bits per heavy atom. The van der Waals surface area contributed by atoms with Crippen molar-refractivity contribution in [3.8, 4) is 33.8 Å². The Balaban J connectivity index is 1.22. The van der Waals surface area contributed by atoms with Crippen LogP contribution in [0.5, 0.6) is 11.5 Å². The number of fused-ring (bicyclic) bond motifs is 12. The minimum atomic E-state index is -0.565. The zero-order valence-corrected chi connectivity index (χ0v) is 28.2. The molecule has 2 aliphatic rings. The van der Waals surface area contributed by atoms with Crippen molar-refractivity contribution >= 4 is 39.0 Å². The SMILES string of the molecule is c1ccc(-c2ccc(N(c3ccccc3)c3ccc4c(c3)C3(c5ccccc5O4)c4ccccc4-c4ccccc43)c3c2oc2ccccc23)cc1. The van der Waals surface area contributed by atoms with Gasteiger partial charge in [0.15, 0.2) is 0 Å². The number of ether oxygens (including phenoxy) is 1. The fraction of sp³-hybridized carbons (Fsp3) is 0.0204. The van der Waals surface area contributed by atoms with E-state index in [1.54, 1.807) is 0 Å². The molecule has 0 saturated carbocycles. The Kier molecular flexibility index (Phi) is 6.17. The molecular weight excluding hydrogens is 635 g/mol. The Labute approximate surface area is 301 Å². The third kappa shape index (κ3) is 3.96. The first-order chi connectivity index (χ1) is 25.8. The predicted molar refractivity (Wildman–Crippen MR) is 211 cm³/mol. The lowest BCUT2D eigenvalue weighted by Crippen LogP contribution is -2.32. The predicted octanol–water partition coefficient (Wildman–Crippen LogP) is 13.2. The minimum absolute atomic E-state index is 0.565. The fourth-order valence-corrected chi connectivity index (χ4v) is 8.83. The Bertz CT molecular complexity index is 2790. The number of anilines is 3. The number of nitrogens with zero attached hydrogens (tertiary/aromatic N) is 1. The minimum Gasteiger partial charge on any atom is -0.457 e. The van der Waals surface area contributed by atoms with E-state index in [1.165, 1.54) is 22.3 Å². The summed E-state index contributed by atoms with van der Waals surface area (Å²) in [6, 6.07) is 67.0. The molecule has 0 atom stereocenters. The molecule has 0 unspecified atom stereocenters. The van der Waals surface area contributed by atoms with Crippen molar-refractivity contribution < 1.29 is 9.15 Å². The second-order valence-electron chi connectivity index (χ2n) is 13.6. The summed E-state index contributed by atoms with van der Waals surface area (Å²) in [6.07, 6.45) is 0. The summed E-state index contributed by atoms with van der Waals surface area (Å²) in [5.74, 6) is 1.75. The lowest BCUT2D eigenvalue weighted by molar-refractivity contribution is 0.436. The highest BCUT2D eigenvalue weighted by atomic mass is 16.5. The molecule has 0 fully saturated rings. The number of para-hydroxylation sites is 3. The van der Waals surface area contributed by atoms with Gasteiger partial charge in [0.1, 0.15) is 22.7 Å². The maximum absolute atomic E-state index is 6.79. The van der Waals surface area contributed by atoms with Crippen LogP contribution in [0.4, 0.5) is 17.1 Å². The van der Waals surface area contributed by atoms with E-state index in [2.05, 4.69) is 187 Å². The van der Waals surface area contributed by atoms with Gasteiger partial charge in [0, 0.05) is 33.5 Å². The zero-order chi connectivity index (χ0) is 34.2. The summed E-state index contributed by atoms with van der Waals surface area (Å²) in [6.45, 7) is 0. The maximum atomic E-state index is 6.79. The summed E-state index contributed by atoms with van der Waals surface area (Å²) >= 11 is 0. The molecule has 1 spiro atoms. The first-order valence-electron chi connectivity index (χ1n) is 17.8. The van der Waals surface area contributed by atoms with Crippen LogP contribution in [0, 0.1) is 0 Å². The molecule has 1 aliphatic heterocycles. The van der Waals surface area contributed by atoms with Gasteiger partial charge in [-0.15, -0.1) is 0 Å². The van der Waals surface area contributed by atoms with E-state index in [1.807, 2.05) is 6.07 Å². The topological polar surface area (TPSA) is 25.6 Å². The molecule has 0 amide bonds. The van der Waals surface area contributed by atoms with Crippen molar-refractivity contribution in [2.75, 3.05) is 4.90 Å². The number of furan rings is 1. The normalized spacial score (nSPS) is 13.3. The first kappa shape index (κ1) is 28.9. The zero-order valence-electron chi connectivity index (χ0n) is 28.2. The Morgan fingerprint density at radius 1 is 0.423 bits per heavy atom. The van der Waals surface area contributed by atoms with Gasteiger partial charge in [-0.1, -0.05) is 133 Å². The second kappa shape index (κ2) is 11.1. The van der Waals surface area contributed by atoms with Crippen LogP contribution in [-0.4, -0.2) is 0 Å². The highest BCUT2D eigenvalue weighted by Crippen LogP contribution is 2.62. The molecule has 0 radical (unpaired) electrons. The lowest BCUT2D eigenvalue weighted by atomic mass is 9.66. The van der Waals surface area contributed by atoms with Gasteiger partial charge in [-0.05, 0) is 82.4 Å². The van der Waals surface area contributed by atoms with Crippen LogP contribution in [0.25, 0.3) is 44.2 Å².